The SMILES string of the molecule is O=Cc1occc1-c1ccc(CO)o1. The van der Waals surface area contributed by atoms with Crippen LogP contribution in [0.15, 0.2) is 33.3 Å². The first-order chi connectivity index (χ1) is 6.85. The van der Waals surface area contributed by atoms with Crippen molar-refractivity contribution in [3.8, 4) is 11.3 Å². The van der Waals surface area contributed by atoms with Gasteiger partial charge in [-0.1, -0.05) is 0 Å². The Kier molecular flexibility index (Phi) is 2.20. The highest BCUT2D eigenvalue weighted by Crippen LogP contribution is 2.25. The van der Waals surface area contributed by atoms with E-state index in [0.29, 0.717) is 23.4 Å². The van der Waals surface area contributed by atoms with E-state index < -0.39 is 0 Å². The molecule has 0 aliphatic carbocycles. The lowest BCUT2D eigenvalue weighted by Crippen LogP contribution is -1.78. The number of rotatable bonds is 3. The first kappa shape index (κ1) is 8.77. The van der Waals surface area contributed by atoms with E-state index >= 15 is 0 Å². The van der Waals surface area contributed by atoms with Gasteiger partial charge in [-0.3, -0.25) is 4.79 Å². The Balaban J connectivity index is 2.43. The van der Waals surface area contributed by atoms with Crippen molar-refractivity contribution >= 4 is 6.29 Å². The first-order valence-electron chi connectivity index (χ1n) is 4.07. The summed E-state index contributed by atoms with van der Waals surface area (Å²) in [4.78, 5) is 10.6. The predicted molar refractivity (Wildman–Crippen MR) is 47.7 cm³/mol. The molecule has 2 heterocycles. The number of carbonyl (C=O) groups is 1. The zero-order valence-electron chi connectivity index (χ0n) is 7.27. The summed E-state index contributed by atoms with van der Waals surface area (Å²) in [5.74, 6) is 1.20. The highest BCUT2D eigenvalue weighted by molar-refractivity contribution is 5.82. The third-order valence-electron chi connectivity index (χ3n) is 1.89. The number of hydrogen-bond acceptors (Lipinski definition) is 4. The molecule has 0 aliphatic heterocycles. The number of aliphatic hydroxyl groups excluding tert-OH is 1. The first-order valence-corrected chi connectivity index (χ1v) is 4.07. The van der Waals surface area contributed by atoms with Gasteiger partial charge >= 0.3 is 0 Å². The second-order valence-electron chi connectivity index (χ2n) is 2.74. The molecule has 2 rings (SSSR count). The normalized spacial score (nSPS) is 10.4. The van der Waals surface area contributed by atoms with Gasteiger partial charge in [-0.2, -0.15) is 0 Å². The van der Waals surface area contributed by atoms with Crippen molar-refractivity contribution in [1.82, 2.24) is 0 Å². The van der Waals surface area contributed by atoms with Crippen LogP contribution in [0.1, 0.15) is 16.3 Å². The maximum Gasteiger partial charge on any atom is 0.186 e. The van der Waals surface area contributed by atoms with Gasteiger partial charge in [0.25, 0.3) is 0 Å². The predicted octanol–water partition coefficient (Wildman–Crippen LogP) is 1.84. The molecule has 0 amide bonds. The van der Waals surface area contributed by atoms with Gasteiger partial charge in [0.15, 0.2) is 12.0 Å². The molecule has 0 bridgehead atoms. The lowest BCUT2D eigenvalue weighted by molar-refractivity contribution is 0.110. The van der Waals surface area contributed by atoms with Crippen LogP contribution in [0.4, 0.5) is 0 Å². The van der Waals surface area contributed by atoms with Gasteiger partial charge in [0.2, 0.25) is 0 Å². The minimum absolute atomic E-state index is 0.158. The van der Waals surface area contributed by atoms with Crippen molar-refractivity contribution < 1.29 is 18.7 Å². The van der Waals surface area contributed by atoms with Crippen molar-refractivity contribution in [1.29, 1.82) is 0 Å². The Hall–Kier alpha value is -1.81. The molecular weight excluding hydrogens is 184 g/mol. The van der Waals surface area contributed by atoms with Gasteiger partial charge in [0.1, 0.15) is 18.1 Å². The van der Waals surface area contributed by atoms with Crippen LogP contribution in [0.5, 0.6) is 0 Å². The molecular formula is C10H8O4. The molecule has 0 aliphatic rings. The van der Waals surface area contributed by atoms with E-state index in [4.69, 9.17) is 13.9 Å². The molecule has 14 heavy (non-hydrogen) atoms. The van der Waals surface area contributed by atoms with E-state index in [2.05, 4.69) is 0 Å². The van der Waals surface area contributed by atoms with E-state index in [0.717, 1.165) is 0 Å². The van der Waals surface area contributed by atoms with Crippen LogP contribution in [0, 0.1) is 0 Å². The summed E-state index contributed by atoms with van der Waals surface area (Å²) in [5.41, 5.74) is 0.597. The Morgan fingerprint density at radius 1 is 1.36 bits per heavy atom. The topological polar surface area (TPSA) is 63.6 Å². The minimum atomic E-state index is -0.158. The van der Waals surface area contributed by atoms with Crippen molar-refractivity contribution in [3.63, 3.8) is 0 Å². The fraction of sp³-hybridized carbons (Fsp3) is 0.100. The van der Waals surface area contributed by atoms with Crippen LogP contribution < -0.4 is 0 Å². The number of aldehydes is 1. The zero-order valence-corrected chi connectivity index (χ0v) is 7.27. The monoisotopic (exact) mass is 192 g/mol. The molecule has 0 atom stereocenters. The quantitative estimate of drug-likeness (QED) is 0.753. The number of hydrogen-bond donors (Lipinski definition) is 1. The third kappa shape index (κ3) is 1.36. The summed E-state index contributed by atoms with van der Waals surface area (Å²) >= 11 is 0. The van der Waals surface area contributed by atoms with Crippen LogP contribution in [0.25, 0.3) is 11.3 Å². The largest absolute Gasteiger partial charge is 0.461 e. The van der Waals surface area contributed by atoms with E-state index in [1.54, 1.807) is 18.2 Å². The minimum Gasteiger partial charge on any atom is -0.461 e. The number of furan rings is 2. The molecule has 0 saturated heterocycles. The summed E-state index contributed by atoms with van der Waals surface area (Å²) in [6.45, 7) is -0.158. The summed E-state index contributed by atoms with van der Waals surface area (Å²) in [6, 6.07) is 4.98. The van der Waals surface area contributed by atoms with Crippen LogP contribution in [0.3, 0.4) is 0 Å². The fourth-order valence-corrected chi connectivity index (χ4v) is 1.22. The molecule has 0 unspecified atom stereocenters. The van der Waals surface area contributed by atoms with Crippen LogP contribution in [-0.4, -0.2) is 11.4 Å². The fourth-order valence-electron chi connectivity index (χ4n) is 1.22. The van der Waals surface area contributed by atoms with Crippen molar-refractivity contribution in [2.24, 2.45) is 0 Å². The van der Waals surface area contributed by atoms with Gasteiger partial charge in [-0.05, 0) is 18.2 Å². The van der Waals surface area contributed by atoms with Crippen molar-refractivity contribution in [2.75, 3.05) is 0 Å². The Labute approximate surface area is 79.8 Å². The highest BCUT2D eigenvalue weighted by Gasteiger charge is 2.11. The Bertz CT molecular complexity index is 438. The Morgan fingerprint density at radius 3 is 2.86 bits per heavy atom. The lowest BCUT2D eigenvalue weighted by Gasteiger charge is -1.91. The molecule has 0 saturated carbocycles. The van der Waals surface area contributed by atoms with Gasteiger partial charge in [0.05, 0.1) is 11.8 Å². The van der Waals surface area contributed by atoms with E-state index in [9.17, 15) is 4.79 Å². The molecule has 2 aromatic heterocycles. The van der Waals surface area contributed by atoms with Crippen LogP contribution in [-0.2, 0) is 6.61 Å². The highest BCUT2D eigenvalue weighted by atomic mass is 16.4. The summed E-state index contributed by atoms with van der Waals surface area (Å²) in [5, 5.41) is 8.79. The van der Waals surface area contributed by atoms with E-state index in [1.807, 2.05) is 0 Å². The van der Waals surface area contributed by atoms with E-state index in [1.165, 1.54) is 6.26 Å². The van der Waals surface area contributed by atoms with Gasteiger partial charge < -0.3 is 13.9 Å². The smallest absolute Gasteiger partial charge is 0.186 e. The molecule has 0 fully saturated rings. The molecule has 4 heteroatoms. The molecule has 4 nitrogen and oxygen atoms in total. The second kappa shape index (κ2) is 3.51. The molecule has 0 spiro atoms. The maximum atomic E-state index is 10.6. The van der Waals surface area contributed by atoms with Crippen molar-refractivity contribution in [3.05, 3.63) is 36.0 Å². The van der Waals surface area contributed by atoms with Gasteiger partial charge in [0, 0.05) is 0 Å². The van der Waals surface area contributed by atoms with Crippen LogP contribution >= 0.6 is 0 Å². The summed E-state index contributed by atoms with van der Waals surface area (Å²) in [6.07, 6.45) is 2.04. The standard InChI is InChI=1S/C10H8O4/c11-5-7-1-2-9(14-7)8-3-4-13-10(8)6-12/h1-4,6,11H,5H2. The van der Waals surface area contributed by atoms with Gasteiger partial charge in [-0.15, -0.1) is 0 Å². The molecule has 1 N–H and O–H groups in total. The summed E-state index contributed by atoms with van der Waals surface area (Å²) in [7, 11) is 0. The number of aliphatic hydroxyl groups is 1. The average molecular weight is 192 g/mol. The average Bonchev–Trinajstić information content (AvgIpc) is 2.85. The maximum absolute atomic E-state index is 10.6. The molecule has 72 valence electrons. The molecule has 0 aromatic carbocycles. The summed E-state index contributed by atoms with van der Waals surface area (Å²) < 4.78 is 10.2. The zero-order chi connectivity index (χ0) is 9.97. The Morgan fingerprint density at radius 2 is 2.21 bits per heavy atom. The van der Waals surface area contributed by atoms with Gasteiger partial charge in [-0.25, -0.2) is 0 Å². The third-order valence-corrected chi connectivity index (χ3v) is 1.89. The lowest BCUT2D eigenvalue weighted by atomic mass is 10.2. The van der Waals surface area contributed by atoms with E-state index in [-0.39, 0.29) is 12.4 Å². The molecule has 2 aromatic rings. The number of carbonyl (C=O) groups excluding carboxylic acids is 1. The molecule has 0 radical (unpaired) electrons. The second-order valence-corrected chi connectivity index (χ2v) is 2.74. The van der Waals surface area contributed by atoms with Crippen LogP contribution in [0.2, 0.25) is 0 Å². The van der Waals surface area contributed by atoms with Crippen molar-refractivity contribution in [2.45, 2.75) is 6.61 Å².